The minimum Gasteiger partial charge on any atom is -0.372 e. The zero-order valence-electron chi connectivity index (χ0n) is 16.7. The second kappa shape index (κ2) is 9.07. The Morgan fingerprint density at radius 1 is 1.13 bits per heavy atom. The summed E-state index contributed by atoms with van der Waals surface area (Å²) in [6.45, 7) is 5.96. The van der Waals surface area contributed by atoms with Gasteiger partial charge in [-0.3, -0.25) is 4.79 Å². The summed E-state index contributed by atoms with van der Waals surface area (Å²) in [5.41, 5.74) is -0.530. The second-order valence-corrected chi connectivity index (χ2v) is 7.83. The smallest absolute Gasteiger partial charge is 0.372 e. The van der Waals surface area contributed by atoms with E-state index in [-0.39, 0.29) is 16.8 Å². The summed E-state index contributed by atoms with van der Waals surface area (Å²) in [5.74, 6) is 0.417. The molecule has 0 saturated carbocycles. The Morgan fingerprint density at radius 2 is 1.77 bits per heavy atom. The van der Waals surface area contributed by atoms with Crippen molar-refractivity contribution >= 4 is 29.1 Å². The summed E-state index contributed by atoms with van der Waals surface area (Å²) in [5, 5.41) is 2.96. The van der Waals surface area contributed by atoms with Gasteiger partial charge in [-0.2, -0.15) is 13.2 Å². The Bertz CT molecular complexity index is 870. The SMILES string of the molecule is CC(C)[C@@H](Nc1ccc(C(F)(F)F)cc1Cl)C(=O)N1CCN(c2ncccn2)CC1. The van der Waals surface area contributed by atoms with Crippen LogP contribution in [0.25, 0.3) is 0 Å². The molecule has 0 unspecified atom stereocenters. The Hall–Kier alpha value is -2.55. The summed E-state index contributed by atoms with van der Waals surface area (Å²) in [7, 11) is 0. The Kier molecular flexibility index (Phi) is 6.70. The van der Waals surface area contributed by atoms with Gasteiger partial charge in [-0.25, -0.2) is 9.97 Å². The van der Waals surface area contributed by atoms with Gasteiger partial charge in [0.15, 0.2) is 0 Å². The first-order chi connectivity index (χ1) is 14.2. The molecule has 0 radical (unpaired) electrons. The number of amides is 1. The topological polar surface area (TPSA) is 61.4 Å². The summed E-state index contributed by atoms with van der Waals surface area (Å²) in [6.07, 6.45) is -1.13. The minimum absolute atomic E-state index is 0.0747. The molecule has 2 heterocycles. The van der Waals surface area contributed by atoms with Crippen LogP contribution in [-0.2, 0) is 11.0 Å². The van der Waals surface area contributed by atoms with Gasteiger partial charge in [-0.05, 0) is 30.2 Å². The highest BCUT2D eigenvalue weighted by Crippen LogP contribution is 2.34. The van der Waals surface area contributed by atoms with Crippen molar-refractivity contribution in [1.29, 1.82) is 0 Å². The van der Waals surface area contributed by atoms with Crippen molar-refractivity contribution in [3.63, 3.8) is 0 Å². The lowest BCUT2D eigenvalue weighted by molar-refractivity contribution is -0.137. The van der Waals surface area contributed by atoms with Crippen LogP contribution >= 0.6 is 11.6 Å². The molecule has 1 amide bonds. The number of hydrogen-bond acceptors (Lipinski definition) is 5. The fourth-order valence-corrected chi connectivity index (χ4v) is 3.50. The highest BCUT2D eigenvalue weighted by Gasteiger charge is 2.33. The summed E-state index contributed by atoms with van der Waals surface area (Å²) >= 11 is 6.05. The van der Waals surface area contributed by atoms with Crippen LogP contribution in [0.2, 0.25) is 5.02 Å². The van der Waals surface area contributed by atoms with Crippen molar-refractivity contribution in [1.82, 2.24) is 14.9 Å². The molecule has 3 rings (SSSR count). The van der Waals surface area contributed by atoms with Gasteiger partial charge in [0.2, 0.25) is 11.9 Å². The first-order valence-electron chi connectivity index (χ1n) is 9.61. The zero-order valence-corrected chi connectivity index (χ0v) is 17.4. The highest BCUT2D eigenvalue weighted by atomic mass is 35.5. The average Bonchev–Trinajstić information content (AvgIpc) is 2.72. The van der Waals surface area contributed by atoms with Gasteiger partial charge in [0.1, 0.15) is 6.04 Å². The van der Waals surface area contributed by atoms with Crippen molar-refractivity contribution in [3.05, 3.63) is 47.2 Å². The molecule has 1 aliphatic rings. The molecule has 1 aromatic carbocycles. The van der Waals surface area contributed by atoms with E-state index in [1.807, 2.05) is 18.7 Å². The van der Waals surface area contributed by atoms with E-state index >= 15 is 0 Å². The van der Waals surface area contributed by atoms with Crippen LogP contribution in [0.4, 0.5) is 24.8 Å². The summed E-state index contributed by atoms with van der Waals surface area (Å²) in [4.78, 5) is 25.3. The van der Waals surface area contributed by atoms with Gasteiger partial charge in [-0.1, -0.05) is 25.4 Å². The van der Waals surface area contributed by atoms with Crippen LogP contribution in [0.3, 0.4) is 0 Å². The molecule has 1 aliphatic heterocycles. The van der Waals surface area contributed by atoms with Crippen molar-refractivity contribution in [2.75, 3.05) is 36.4 Å². The Balaban J connectivity index is 1.67. The molecular weight excluding hydrogens is 419 g/mol. The largest absolute Gasteiger partial charge is 0.416 e. The van der Waals surface area contributed by atoms with Crippen LogP contribution in [0.5, 0.6) is 0 Å². The number of benzene rings is 1. The fraction of sp³-hybridized carbons (Fsp3) is 0.450. The van der Waals surface area contributed by atoms with Crippen LogP contribution in [0, 0.1) is 5.92 Å². The van der Waals surface area contributed by atoms with Crippen LogP contribution in [0.15, 0.2) is 36.7 Å². The highest BCUT2D eigenvalue weighted by molar-refractivity contribution is 6.33. The Labute approximate surface area is 178 Å². The number of aromatic nitrogens is 2. The minimum atomic E-state index is -4.47. The number of nitrogens with one attached hydrogen (secondary N) is 1. The van der Waals surface area contributed by atoms with E-state index in [9.17, 15) is 18.0 Å². The van der Waals surface area contributed by atoms with Crippen LogP contribution < -0.4 is 10.2 Å². The number of nitrogens with zero attached hydrogens (tertiary/aromatic N) is 4. The molecule has 1 saturated heterocycles. The van der Waals surface area contributed by atoms with Crippen molar-refractivity contribution in [3.8, 4) is 0 Å². The number of halogens is 4. The lowest BCUT2D eigenvalue weighted by Gasteiger charge is -2.37. The van der Waals surface area contributed by atoms with Gasteiger partial charge in [-0.15, -0.1) is 0 Å². The Morgan fingerprint density at radius 3 is 2.30 bits per heavy atom. The van der Waals surface area contributed by atoms with Gasteiger partial charge in [0.05, 0.1) is 16.3 Å². The number of carbonyl (C=O) groups is 1. The molecule has 0 spiro atoms. The van der Waals surface area contributed by atoms with Crippen molar-refractivity contribution in [2.45, 2.75) is 26.1 Å². The van der Waals surface area contributed by atoms with Gasteiger partial charge >= 0.3 is 6.18 Å². The molecular formula is C20H23ClF3N5O. The monoisotopic (exact) mass is 441 g/mol. The van der Waals surface area contributed by atoms with E-state index in [0.717, 1.165) is 12.1 Å². The first-order valence-corrected chi connectivity index (χ1v) is 9.98. The predicted octanol–water partition coefficient (Wildman–Crippen LogP) is 3.93. The summed E-state index contributed by atoms with van der Waals surface area (Å²) in [6, 6.07) is 4.21. The number of alkyl halides is 3. The first kappa shape index (κ1) is 22.1. The lowest BCUT2D eigenvalue weighted by Crippen LogP contribution is -2.54. The molecule has 2 aromatic rings. The van der Waals surface area contributed by atoms with E-state index in [2.05, 4.69) is 15.3 Å². The molecule has 30 heavy (non-hydrogen) atoms. The molecule has 6 nitrogen and oxygen atoms in total. The van der Waals surface area contributed by atoms with Crippen LogP contribution in [0.1, 0.15) is 19.4 Å². The lowest BCUT2D eigenvalue weighted by atomic mass is 10.0. The third-order valence-corrected chi connectivity index (χ3v) is 5.28. The van der Waals surface area contributed by atoms with Crippen LogP contribution in [-0.4, -0.2) is 53.0 Å². The molecule has 10 heteroatoms. The molecule has 162 valence electrons. The van der Waals surface area contributed by atoms with Crippen molar-refractivity contribution < 1.29 is 18.0 Å². The van der Waals surface area contributed by atoms with E-state index in [1.165, 1.54) is 6.07 Å². The van der Waals surface area contributed by atoms with E-state index in [4.69, 9.17) is 11.6 Å². The number of piperazine rings is 1. The number of carbonyl (C=O) groups excluding carboxylic acids is 1. The van der Waals surface area contributed by atoms with E-state index in [1.54, 1.807) is 23.4 Å². The maximum atomic E-state index is 13.1. The van der Waals surface area contributed by atoms with E-state index in [0.29, 0.717) is 37.8 Å². The van der Waals surface area contributed by atoms with Gasteiger partial charge < -0.3 is 15.1 Å². The summed E-state index contributed by atoms with van der Waals surface area (Å²) < 4.78 is 38.6. The molecule has 1 atom stereocenters. The zero-order chi connectivity index (χ0) is 21.9. The number of anilines is 2. The quantitative estimate of drug-likeness (QED) is 0.761. The maximum Gasteiger partial charge on any atom is 0.416 e. The van der Waals surface area contributed by atoms with Gasteiger partial charge in [0.25, 0.3) is 0 Å². The predicted molar refractivity (Wildman–Crippen MR) is 110 cm³/mol. The fourth-order valence-electron chi connectivity index (χ4n) is 3.27. The maximum absolute atomic E-state index is 13.1. The normalized spacial score (nSPS) is 16.0. The van der Waals surface area contributed by atoms with E-state index < -0.39 is 17.8 Å². The molecule has 1 fully saturated rings. The second-order valence-electron chi connectivity index (χ2n) is 7.42. The van der Waals surface area contributed by atoms with Gasteiger partial charge in [0, 0.05) is 38.6 Å². The standard InChI is InChI=1S/C20H23ClF3N5O/c1-13(2)17(27-16-5-4-14(12-15(16)21)20(22,23)24)18(30)28-8-10-29(11-9-28)19-25-6-3-7-26-19/h3-7,12-13,17,27H,8-11H2,1-2H3/t17-/m1/s1. The third-order valence-electron chi connectivity index (χ3n) is 4.97. The van der Waals surface area contributed by atoms with Crippen molar-refractivity contribution in [2.24, 2.45) is 5.92 Å². The number of hydrogen-bond donors (Lipinski definition) is 1. The molecule has 0 aliphatic carbocycles. The number of rotatable bonds is 5. The molecule has 1 aromatic heterocycles. The molecule has 1 N–H and O–H groups in total. The average molecular weight is 442 g/mol. The molecule has 0 bridgehead atoms. The third kappa shape index (κ3) is 5.13.